The zero-order chi connectivity index (χ0) is 15.1. The second-order valence-electron chi connectivity index (χ2n) is 4.79. The van der Waals surface area contributed by atoms with Crippen LogP contribution in [0.15, 0.2) is 23.2 Å². The molecular formula is C14H22BrFN4O. The smallest absolute Gasteiger partial charge is 0.251 e. The number of rotatable bonds is 5. The largest absolute Gasteiger partial charge is 0.370 e. The molecule has 0 aliphatic carbocycles. The number of nitrogens with two attached hydrogens (primary N) is 1. The number of nitrogens with zero attached hydrogens (tertiary/aromatic N) is 1. The van der Waals surface area contributed by atoms with Gasteiger partial charge in [0.2, 0.25) is 0 Å². The van der Waals surface area contributed by atoms with Crippen LogP contribution in [-0.2, 0) is 0 Å². The van der Waals surface area contributed by atoms with Crippen LogP contribution >= 0.6 is 17.0 Å². The van der Waals surface area contributed by atoms with E-state index in [9.17, 15) is 9.18 Å². The molecule has 0 aliphatic heterocycles. The molecule has 0 heterocycles. The SMILES string of the molecule is Br.Cc1ccc(C(=O)NCCN=C(N)NC(C)C)cc1F. The first kappa shape index (κ1) is 19.4. The highest BCUT2D eigenvalue weighted by Gasteiger charge is 2.07. The fourth-order valence-corrected chi connectivity index (χ4v) is 1.52. The number of carbonyl (C=O) groups is 1. The third-order valence-corrected chi connectivity index (χ3v) is 2.55. The van der Waals surface area contributed by atoms with E-state index in [1.807, 2.05) is 13.8 Å². The van der Waals surface area contributed by atoms with Gasteiger partial charge in [0.05, 0.1) is 6.54 Å². The first-order chi connectivity index (χ1) is 9.40. The summed E-state index contributed by atoms with van der Waals surface area (Å²) in [5, 5.41) is 5.60. The molecule has 4 N–H and O–H groups in total. The van der Waals surface area contributed by atoms with E-state index < -0.39 is 0 Å². The summed E-state index contributed by atoms with van der Waals surface area (Å²) in [6, 6.07) is 4.60. The zero-order valence-corrected chi connectivity index (χ0v) is 14.2. The number of amides is 1. The second-order valence-corrected chi connectivity index (χ2v) is 4.79. The minimum absolute atomic E-state index is 0. The molecule has 1 amide bonds. The molecule has 1 rings (SSSR count). The number of halogens is 2. The van der Waals surface area contributed by atoms with Crippen LogP contribution < -0.4 is 16.4 Å². The molecule has 1 aromatic carbocycles. The molecule has 0 aliphatic rings. The minimum atomic E-state index is -0.388. The van der Waals surface area contributed by atoms with Crippen LogP contribution in [0.2, 0.25) is 0 Å². The van der Waals surface area contributed by atoms with Crippen molar-refractivity contribution >= 4 is 28.8 Å². The van der Waals surface area contributed by atoms with E-state index >= 15 is 0 Å². The van der Waals surface area contributed by atoms with Crippen LogP contribution in [0.4, 0.5) is 4.39 Å². The number of aliphatic imine (C=N–C) groups is 1. The molecule has 0 aromatic heterocycles. The quantitative estimate of drug-likeness (QED) is 0.425. The Labute approximate surface area is 135 Å². The highest BCUT2D eigenvalue weighted by Crippen LogP contribution is 2.08. The normalized spacial score (nSPS) is 11.0. The van der Waals surface area contributed by atoms with Crippen molar-refractivity contribution in [1.82, 2.24) is 10.6 Å². The van der Waals surface area contributed by atoms with Crippen LogP contribution in [0.1, 0.15) is 29.8 Å². The van der Waals surface area contributed by atoms with E-state index in [0.717, 1.165) is 0 Å². The Morgan fingerprint density at radius 3 is 2.67 bits per heavy atom. The highest BCUT2D eigenvalue weighted by molar-refractivity contribution is 8.93. The molecule has 0 atom stereocenters. The second kappa shape index (κ2) is 9.33. The Bertz CT molecular complexity index is 506. The first-order valence-electron chi connectivity index (χ1n) is 6.51. The maximum Gasteiger partial charge on any atom is 0.251 e. The monoisotopic (exact) mass is 360 g/mol. The zero-order valence-electron chi connectivity index (χ0n) is 12.4. The minimum Gasteiger partial charge on any atom is -0.370 e. The van der Waals surface area contributed by atoms with Crippen molar-refractivity contribution in [2.45, 2.75) is 26.8 Å². The van der Waals surface area contributed by atoms with Gasteiger partial charge in [-0.1, -0.05) is 6.07 Å². The lowest BCUT2D eigenvalue weighted by molar-refractivity contribution is 0.0954. The van der Waals surface area contributed by atoms with Crippen molar-refractivity contribution in [2.75, 3.05) is 13.1 Å². The van der Waals surface area contributed by atoms with E-state index in [4.69, 9.17) is 5.73 Å². The Balaban J connectivity index is 0.00000400. The summed E-state index contributed by atoms with van der Waals surface area (Å²) in [6.07, 6.45) is 0. The Morgan fingerprint density at radius 2 is 2.10 bits per heavy atom. The lowest BCUT2D eigenvalue weighted by Gasteiger charge is -2.09. The van der Waals surface area contributed by atoms with Crippen molar-refractivity contribution in [2.24, 2.45) is 10.7 Å². The summed E-state index contributed by atoms with van der Waals surface area (Å²) in [7, 11) is 0. The molecule has 21 heavy (non-hydrogen) atoms. The summed E-state index contributed by atoms with van der Waals surface area (Å²) in [5.41, 5.74) is 6.43. The van der Waals surface area contributed by atoms with Gasteiger partial charge in [0.1, 0.15) is 5.82 Å². The molecule has 0 spiro atoms. The van der Waals surface area contributed by atoms with E-state index in [0.29, 0.717) is 30.2 Å². The van der Waals surface area contributed by atoms with Gasteiger partial charge in [-0.15, -0.1) is 17.0 Å². The van der Waals surface area contributed by atoms with Gasteiger partial charge >= 0.3 is 0 Å². The van der Waals surface area contributed by atoms with E-state index in [1.54, 1.807) is 19.1 Å². The third kappa shape index (κ3) is 7.08. The molecule has 0 saturated heterocycles. The molecule has 0 bridgehead atoms. The third-order valence-electron chi connectivity index (χ3n) is 2.55. The molecule has 1 aromatic rings. The molecule has 5 nitrogen and oxygen atoms in total. The Kier molecular flexibility index (Phi) is 8.61. The summed E-state index contributed by atoms with van der Waals surface area (Å²) in [6.45, 7) is 6.27. The van der Waals surface area contributed by atoms with Crippen molar-refractivity contribution in [3.05, 3.63) is 35.1 Å². The molecule has 0 radical (unpaired) electrons. The van der Waals surface area contributed by atoms with Crippen molar-refractivity contribution in [3.63, 3.8) is 0 Å². The Hall–Kier alpha value is -1.63. The van der Waals surface area contributed by atoms with Gasteiger partial charge in [-0.3, -0.25) is 9.79 Å². The summed E-state index contributed by atoms with van der Waals surface area (Å²) in [5.74, 6) is -0.369. The molecule has 0 fully saturated rings. The highest BCUT2D eigenvalue weighted by atomic mass is 79.9. The van der Waals surface area contributed by atoms with Crippen LogP contribution in [0.25, 0.3) is 0 Å². The molecule has 0 unspecified atom stereocenters. The topological polar surface area (TPSA) is 79.5 Å². The number of nitrogens with one attached hydrogen (secondary N) is 2. The van der Waals surface area contributed by atoms with Gasteiger partial charge in [0, 0.05) is 18.2 Å². The summed E-state index contributed by atoms with van der Waals surface area (Å²) >= 11 is 0. The van der Waals surface area contributed by atoms with Crippen LogP contribution in [0, 0.1) is 12.7 Å². The number of hydrogen-bond acceptors (Lipinski definition) is 2. The number of carbonyl (C=O) groups excluding carboxylic acids is 1. The summed E-state index contributed by atoms with van der Waals surface area (Å²) < 4.78 is 13.3. The molecule has 118 valence electrons. The number of hydrogen-bond donors (Lipinski definition) is 3. The molecular weight excluding hydrogens is 339 g/mol. The number of aryl methyl sites for hydroxylation is 1. The van der Waals surface area contributed by atoms with Gasteiger partial charge in [-0.2, -0.15) is 0 Å². The van der Waals surface area contributed by atoms with Crippen LogP contribution in [-0.4, -0.2) is 31.0 Å². The lowest BCUT2D eigenvalue weighted by atomic mass is 10.1. The number of guanidine groups is 1. The molecule has 7 heteroatoms. The Morgan fingerprint density at radius 1 is 1.43 bits per heavy atom. The van der Waals surface area contributed by atoms with Crippen molar-refractivity contribution in [3.8, 4) is 0 Å². The average molecular weight is 361 g/mol. The van der Waals surface area contributed by atoms with Crippen molar-refractivity contribution in [1.29, 1.82) is 0 Å². The standard InChI is InChI=1S/C14H21FN4O.BrH/c1-9(2)19-14(16)18-7-6-17-13(20)11-5-4-10(3)12(15)8-11;/h4-5,8-9H,6-7H2,1-3H3,(H,17,20)(H3,16,18,19);1H. The number of benzene rings is 1. The predicted molar refractivity (Wildman–Crippen MR) is 88.6 cm³/mol. The predicted octanol–water partition coefficient (Wildman–Crippen LogP) is 1.75. The van der Waals surface area contributed by atoms with Gasteiger partial charge in [-0.05, 0) is 38.5 Å². The fraction of sp³-hybridized carbons (Fsp3) is 0.429. The van der Waals surface area contributed by atoms with E-state index in [2.05, 4.69) is 15.6 Å². The maximum atomic E-state index is 13.3. The van der Waals surface area contributed by atoms with E-state index in [-0.39, 0.29) is 34.7 Å². The van der Waals surface area contributed by atoms with Gasteiger partial charge in [0.15, 0.2) is 5.96 Å². The lowest BCUT2D eigenvalue weighted by Crippen LogP contribution is -2.37. The van der Waals surface area contributed by atoms with Gasteiger partial charge < -0.3 is 16.4 Å². The van der Waals surface area contributed by atoms with Crippen LogP contribution in [0.5, 0.6) is 0 Å². The van der Waals surface area contributed by atoms with Crippen molar-refractivity contribution < 1.29 is 9.18 Å². The first-order valence-corrected chi connectivity index (χ1v) is 6.51. The van der Waals surface area contributed by atoms with Gasteiger partial charge in [0.25, 0.3) is 5.91 Å². The van der Waals surface area contributed by atoms with E-state index in [1.165, 1.54) is 6.07 Å². The van der Waals surface area contributed by atoms with Crippen LogP contribution in [0.3, 0.4) is 0 Å². The summed E-state index contributed by atoms with van der Waals surface area (Å²) in [4.78, 5) is 15.8. The fourth-order valence-electron chi connectivity index (χ4n) is 1.52. The van der Waals surface area contributed by atoms with Gasteiger partial charge in [-0.25, -0.2) is 4.39 Å². The molecule has 0 saturated carbocycles. The maximum absolute atomic E-state index is 13.3. The average Bonchev–Trinajstić information content (AvgIpc) is 2.36.